The lowest BCUT2D eigenvalue weighted by Gasteiger charge is -2.12. The Morgan fingerprint density at radius 1 is 1.21 bits per heavy atom. The van der Waals surface area contributed by atoms with Gasteiger partial charge >= 0.3 is 0 Å². The highest BCUT2D eigenvalue weighted by Crippen LogP contribution is 2.23. The van der Waals surface area contributed by atoms with E-state index in [0.717, 1.165) is 16.9 Å². The molecule has 0 aliphatic heterocycles. The van der Waals surface area contributed by atoms with Crippen LogP contribution in [0.2, 0.25) is 0 Å². The summed E-state index contributed by atoms with van der Waals surface area (Å²) in [6, 6.07) is 11.7. The highest BCUT2D eigenvalue weighted by atomic mass is 32.2. The minimum absolute atomic E-state index is 0.120. The number of fused-ring (bicyclic) bond motifs is 3. The second kappa shape index (κ2) is 9.88. The van der Waals surface area contributed by atoms with E-state index in [0.29, 0.717) is 24.7 Å². The predicted octanol–water partition coefficient (Wildman–Crippen LogP) is 3.03. The number of rotatable bonds is 8. The summed E-state index contributed by atoms with van der Waals surface area (Å²) in [6.07, 6.45) is 6.09. The normalized spacial score (nSPS) is 11.1. The number of hydrogen-bond donors (Lipinski definition) is 1. The summed E-state index contributed by atoms with van der Waals surface area (Å²) in [5.41, 5.74) is 1.47. The van der Waals surface area contributed by atoms with Crippen molar-refractivity contribution in [2.24, 2.45) is 0 Å². The molecule has 4 aromatic rings. The molecular formula is C24H22FN5O2S. The number of amides is 1. The van der Waals surface area contributed by atoms with Gasteiger partial charge in [-0.05, 0) is 42.0 Å². The lowest BCUT2D eigenvalue weighted by atomic mass is 10.1. The Hall–Kier alpha value is -3.64. The molecule has 2 aromatic heterocycles. The lowest BCUT2D eigenvalue weighted by molar-refractivity contribution is -0.120. The molecule has 2 heterocycles. The van der Waals surface area contributed by atoms with Crippen LogP contribution in [0.15, 0.2) is 52.4 Å². The van der Waals surface area contributed by atoms with Crippen molar-refractivity contribution in [2.45, 2.75) is 31.5 Å². The minimum atomic E-state index is -0.498. The van der Waals surface area contributed by atoms with Crippen LogP contribution in [-0.2, 0) is 17.8 Å². The first-order chi connectivity index (χ1) is 16.0. The molecule has 7 nitrogen and oxygen atoms in total. The summed E-state index contributed by atoms with van der Waals surface area (Å²) in [6.45, 7) is 2.65. The van der Waals surface area contributed by atoms with Gasteiger partial charge in [0.1, 0.15) is 5.82 Å². The zero-order valence-electron chi connectivity index (χ0n) is 18.0. The van der Waals surface area contributed by atoms with Gasteiger partial charge in [-0.15, -0.1) is 16.6 Å². The van der Waals surface area contributed by atoms with Gasteiger partial charge in [0.05, 0.1) is 17.3 Å². The molecule has 4 rings (SSSR count). The Kier molecular flexibility index (Phi) is 6.75. The van der Waals surface area contributed by atoms with Gasteiger partial charge in [0, 0.05) is 18.7 Å². The van der Waals surface area contributed by atoms with Crippen molar-refractivity contribution in [1.29, 1.82) is 0 Å². The molecule has 0 aliphatic carbocycles. The fraction of sp³-hybridized carbons (Fsp3) is 0.250. The van der Waals surface area contributed by atoms with Crippen LogP contribution < -0.4 is 10.9 Å². The third-order valence-corrected chi connectivity index (χ3v) is 5.99. The van der Waals surface area contributed by atoms with Crippen LogP contribution in [0.25, 0.3) is 16.7 Å². The number of terminal acetylenes is 1. The molecule has 0 fully saturated rings. The Bertz CT molecular complexity index is 1420. The number of benzene rings is 2. The van der Waals surface area contributed by atoms with Crippen LogP contribution in [0, 0.1) is 18.2 Å². The van der Waals surface area contributed by atoms with Gasteiger partial charge < -0.3 is 5.32 Å². The molecule has 1 amide bonds. The zero-order valence-corrected chi connectivity index (χ0v) is 18.9. The summed E-state index contributed by atoms with van der Waals surface area (Å²) in [5, 5.41) is 12.0. The average Bonchev–Trinajstić information content (AvgIpc) is 3.22. The molecule has 0 spiro atoms. The number of halogens is 1. The maximum absolute atomic E-state index is 14.7. The minimum Gasteiger partial charge on any atom is -0.356 e. The summed E-state index contributed by atoms with van der Waals surface area (Å²) in [4.78, 5) is 25.3. The molecule has 2 aromatic carbocycles. The lowest BCUT2D eigenvalue weighted by Crippen LogP contribution is -2.29. The van der Waals surface area contributed by atoms with Gasteiger partial charge in [0.2, 0.25) is 11.7 Å². The van der Waals surface area contributed by atoms with Crippen molar-refractivity contribution in [1.82, 2.24) is 24.5 Å². The first kappa shape index (κ1) is 22.6. The van der Waals surface area contributed by atoms with Crippen LogP contribution in [0.3, 0.4) is 0 Å². The fourth-order valence-electron chi connectivity index (χ4n) is 3.64. The van der Waals surface area contributed by atoms with Crippen molar-refractivity contribution < 1.29 is 9.18 Å². The fourth-order valence-corrected chi connectivity index (χ4v) is 4.30. The first-order valence-corrected chi connectivity index (χ1v) is 11.5. The van der Waals surface area contributed by atoms with Crippen LogP contribution in [-0.4, -0.2) is 37.4 Å². The molecular weight excluding hydrogens is 441 g/mol. The van der Waals surface area contributed by atoms with Crippen molar-refractivity contribution in [3.8, 4) is 12.3 Å². The van der Waals surface area contributed by atoms with Gasteiger partial charge in [0.25, 0.3) is 5.56 Å². The maximum Gasteiger partial charge on any atom is 0.262 e. The van der Waals surface area contributed by atoms with Gasteiger partial charge in [0.15, 0.2) is 5.16 Å². The monoisotopic (exact) mass is 463 g/mol. The average molecular weight is 464 g/mol. The number of nitrogens with zero attached hydrogens (tertiary/aromatic N) is 4. The molecule has 0 bridgehead atoms. The smallest absolute Gasteiger partial charge is 0.262 e. The van der Waals surface area contributed by atoms with Gasteiger partial charge in [-0.3, -0.25) is 18.6 Å². The van der Waals surface area contributed by atoms with Crippen LogP contribution in [0.1, 0.15) is 24.5 Å². The van der Waals surface area contributed by atoms with E-state index in [1.165, 1.54) is 28.5 Å². The Labute approximate surface area is 194 Å². The Morgan fingerprint density at radius 3 is 2.73 bits per heavy atom. The number of para-hydroxylation sites is 1. The molecule has 0 aliphatic rings. The van der Waals surface area contributed by atoms with Gasteiger partial charge in [-0.25, -0.2) is 4.39 Å². The molecule has 0 radical (unpaired) electrons. The molecule has 0 saturated carbocycles. The van der Waals surface area contributed by atoms with E-state index in [1.807, 2.05) is 19.1 Å². The molecule has 0 unspecified atom stereocenters. The third-order valence-electron chi connectivity index (χ3n) is 5.18. The molecule has 0 atom stereocenters. The third kappa shape index (κ3) is 4.61. The molecule has 1 N–H and O–H groups in total. The number of hydrogen-bond acceptors (Lipinski definition) is 5. The van der Waals surface area contributed by atoms with E-state index < -0.39 is 5.82 Å². The van der Waals surface area contributed by atoms with Crippen LogP contribution in [0.5, 0.6) is 0 Å². The topological polar surface area (TPSA) is 81.3 Å². The van der Waals surface area contributed by atoms with Gasteiger partial charge in [-0.2, -0.15) is 0 Å². The summed E-state index contributed by atoms with van der Waals surface area (Å²) in [5.74, 6) is 2.94. The summed E-state index contributed by atoms with van der Waals surface area (Å²) < 4.78 is 17.7. The Morgan fingerprint density at radius 2 is 2.00 bits per heavy atom. The second-order valence-electron chi connectivity index (χ2n) is 7.37. The standard InChI is InChI=1S/C24H22FN5O2S/c1-3-16-9-11-17(12-10-16)15-20(31)26-13-6-14-29-22(32)18-7-5-8-19(25)21(18)30-23(29)27-28-24(30)33-4-2/h1,5,7-12H,4,6,13-15H2,2H3,(H,26,31). The summed E-state index contributed by atoms with van der Waals surface area (Å²) >= 11 is 1.42. The number of carbonyl (C=O) groups is 1. The second-order valence-corrected chi connectivity index (χ2v) is 8.60. The highest BCUT2D eigenvalue weighted by molar-refractivity contribution is 7.99. The van der Waals surface area contributed by atoms with E-state index in [1.54, 1.807) is 22.6 Å². The Balaban J connectivity index is 1.50. The van der Waals surface area contributed by atoms with E-state index in [-0.39, 0.29) is 34.6 Å². The first-order valence-electron chi connectivity index (χ1n) is 10.5. The van der Waals surface area contributed by atoms with Crippen LogP contribution in [0.4, 0.5) is 4.39 Å². The number of carbonyl (C=O) groups excluding carboxylic acids is 1. The molecule has 0 saturated heterocycles. The molecule has 9 heteroatoms. The molecule has 33 heavy (non-hydrogen) atoms. The maximum atomic E-state index is 14.7. The van der Waals surface area contributed by atoms with Crippen molar-refractivity contribution in [3.05, 3.63) is 69.8 Å². The van der Waals surface area contributed by atoms with E-state index in [2.05, 4.69) is 21.4 Å². The van der Waals surface area contributed by atoms with E-state index in [9.17, 15) is 14.0 Å². The molecule has 168 valence electrons. The zero-order chi connectivity index (χ0) is 23.4. The quantitative estimate of drug-likeness (QED) is 0.247. The van der Waals surface area contributed by atoms with Crippen molar-refractivity contribution in [3.63, 3.8) is 0 Å². The number of nitrogens with one attached hydrogen (secondary N) is 1. The number of aryl methyl sites for hydroxylation is 1. The van der Waals surface area contributed by atoms with Crippen LogP contribution >= 0.6 is 11.8 Å². The number of thioether (sulfide) groups is 1. The van der Waals surface area contributed by atoms with Gasteiger partial charge in [-0.1, -0.05) is 42.8 Å². The predicted molar refractivity (Wildman–Crippen MR) is 127 cm³/mol. The summed E-state index contributed by atoms with van der Waals surface area (Å²) in [7, 11) is 0. The SMILES string of the molecule is C#Cc1ccc(CC(=O)NCCCn2c(=O)c3cccc(F)c3n3c(SCC)nnc23)cc1. The highest BCUT2D eigenvalue weighted by Gasteiger charge is 2.18. The largest absolute Gasteiger partial charge is 0.356 e. The van der Waals surface area contributed by atoms with E-state index in [4.69, 9.17) is 6.42 Å². The van der Waals surface area contributed by atoms with Crippen molar-refractivity contribution in [2.75, 3.05) is 12.3 Å². The number of aromatic nitrogens is 4. The van der Waals surface area contributed by atoms with E-state index >= 15 is 0 Å². The van der Waals surface area contributed by atoms with Crippen molar-refractivity contribution >= 4 is 34.3 Å².